The highest BCUT2D eigenvalue weighted by Gasteiger charge is 1.91. The van der Waals surface area contributed by atoms with Gasteiger partial charge in [0.25, 0.3) is 0 Å². The van der Waals surface area contributed by atoms with Crippen molar-refractivity contribution in [2.45, 2.75) is 20.8 Å². The Kier molecular flexibility index (Phi) is 11.7. The van der Waals surface area contributed by atoms with Crippen LogP contribution in [0.25, 0.3) is 0 Å². The van der Waals surface area contributed by atoms with Crippen LogP contribution in [0.2, 0.25) is 0 Å². The molecule has 0 atom stereocenters. The molecule has 0 radical (unpaired) electrons. The van der Waals surface area contributed by atoms with Gasteiger partial charge < -0.3 is 10.6 Å². The van der Waals surface area contributed by atoms with Crippen molar-refractivity contribution >= 4 is 12.8 Å². The van der Waals surface area contributed by atoms with Crippen LogP contribution in [-0.2, 0) is 9.59 Å². The van der Waals surface area contributed by atoms with E-state index in [2.05, 4.69) is 26.1 Å². The summed E-state index contributed by atoms with van der Waals surface area (Å²) in [6.07, 6.45) is 2.66. The van der Waals surface area contributed by atoms with E-state index >= 15 is 0 Å². The minimum absolute atomic E-state index is 0.312. The fourth-order valence-electron chi connectivity index (χ4n) is 0.422. The number of nitrogens with one attached hydrogen (secondary N) is 2. The zero-order chi connectivity index (χ0) is 10.7. The van der Waals surface area contributed by atoms with Gasteiger partial charge in [-0.25, -0.2) is 0 Å². The van der Waals surface area contributed by atoms with Gasteiger partial charge >= 0.3 is 0 Å². The predicted molar refractivity (Wildman–Crippen MR) is 52.9 cm³/mol. The minimum Gasteiger partial charge on any atom is -0.394 e. The highest BCUT2D eigenvalue weighted by Crippen LogP contribution is 2.04. The molecule has 4 heteroatoms. The molecule has 0 aliphatic heterocycles. The number of hydrogen-bond donors (Lipinski definition) is 2. The lowest BCUT2D eigenvalue weighted by molar-refractivity contribution is -0.117. The van der Waals surface area contributed by atoms with E-state index in [-0.39, 0.29) is 0 Å². The van der Waals surface area contributed by atoms with Gasteiger partial charge in [0.2, 0.25) is 12.8 Å². The SMILES string of the molecule is CN/C=C(\C)C(C)C.O=CNC=O. The molecule has 0 bridgehead atoms. The van der Waals surface area contributed by atoms with Crippen molar-refractivity contribution in [3.8, 4) is 0 Å². The van der Waals surface area contributed by atoms with Crippen LogP contribution in [0, 0.1) is 5.92 Å². The van der Waals surface area contributed by atoms with Crippen LogP contribution < -0.4 is 10.6 Å². The van der Waals surface area contributed by atoms with E-state index in [1.807, 2.05) is 13.2 Å². The molecule has 0 aliphatic rings. The number of allylic oxidation sites excluding steroid dienone is 1. The molecule has 0 fully saturated rings. The van der Waals surface area contributed by atoms with Crippen molar-refractivity contribution in [2.24, 2.45) is 5.92 Å². The number of amides is 2. The number of carbonyl (C=O) groups excluding carboxylic acids is 2. The van der Waals surface area contributed by atoms with Gasteiger partial charge in [-0.3, -0.25) is 9.59 Å². The van der Waals surface area contributed by atoms with Crippen LogP contribution in [0.1, 0.15) is 20.8 Å². The standard InChI is InChI=1S/C7H15N.C2H3NO2/c1-6(2)7(3)5-8-4;4-1-3-2-5/h5-6,8H,1-4H3;1-2H,(H,3,4,5)/b7-5+;. The van der Waals surface area contributed by atoms with Crippen molar-refractivity contribution < 1.29 is 9.59 Å². The van der Waals surface area contributed by atoms with Gasteiger partial charge in [0.05, 0.1) is 0 Å². The largest absolute Gasteiger partial charge is 0.394 e. The molecule has 13 heavy (non-hydrogen) atoms. The molecule has 0 heterocycles. The van der Waals surface area contributed by atoms with Crippen LogP contribution in [0.3, 0.4) is 0 Å². The Hall–Kier alpha value is -1.32. The topological polar surface area (TPSA) is 58.2 Å². The monoisotopic (exact) mass is 186 g/mol. The van der Waals surface area contributed by atoms with Crippen molar-refractivity contribution in [1.29, 1.82) is 0 Å². The molecule has 0 aliphatic carbocycles. The Morgan fingerprint density at radius 2 is 1.69 bits per heavy atom. The molecule has 2 N–H and O–H groups in total. The van der Waals surface area contributed by atoms with E-state index < -0.39 is 0 Å². The average Bonchev–Trinajstić information content (AvgIpc) is 2.07. The van der Waals surface area contributed by atoms with E-state index in [0.717, 1.165) is 0 Å². The van der Waals surface area contributed by atoms with Gasteiger partial charge in [0.1, 0.15) is 0 Å². The molecular formula is C9H18N2O2. The molecule has 0 saturated carbocycles. The van der Waals surface area contributed by atoms with Gasteiger partial charge in [-0.2, -0.15) is 0 Å². The van der Waals surface area contributed by atoms with E-state index in [4.69, 9.17) is 9.59 Å². The minimum atomic E-state index is 0.312. The Bertz CT molecular complexity index is 159. The lowest BCUT2D eigenvalue weighted by Crippen LogP contribution is -2.04. The molecule has 4 nitrogen and oxygen atoms in total. The second-order valence-corrected chi connectivity index (χ2v) is 2.73. The van der Waals surface area contributed by atoms with Crippen molar-refractivity contribution in [3.05, 3.63) is 11.8 Å². The average molecular weight is 186 g/mol. The number of hydrogen-bond acceptors (Lipinski definition) is 3. The Balaban J connectivity index is 0. The van der Waals surface area contributed by atoms with Crippen molar-refractivity contribution in [1.82, 2.24) is 10.6 Å². The number of rotatable bonds is 4. The third-order valence-corrected chi connectivity index (χ3v) is 1.42. The van der Waals surface area contributed by atoms with Crippen LogP contribution in [0.5, 0.6) is 0 Å². The molecule has 2 amide bonds. The Labute approximate surface area is 79.4 Å². The smallest absolute Gasteiger partial charge is 0.213 e. The molecule has 0 rings (SSSR count). The molecule has 0 aromatic rings. The molecule has 0 spiro atoms. The fraction of sp³-hybridized carbons (Fsp3) is 0.556. The molecule has 76 valence electrons. The summed E-state index contributed by atoms with van der Waals surface area (Å²) < 4.78 is 0. The first-order valence-electron chi connectivity index (χ1n) is 4.07. The maximum Gasteiger partial charge on any atom is 0.213 e. The summed E-state index contributed by atoms with van der Waals surface area (Å²) in [4.78, 5) is 18.1. The maximum atomic E-state index is 9.06. The third kappa shape index (κ3) is 13.6. The first-order valence-corrected chi connectivity index (χ1v) is 4.07. The van der Waals surface area contributed by atoms with Gasteiger partial charge in [0.15, 0.2) is 0 Å². The van der Waals surface area contributed by atoms with Gasteiger partial charge in [0, 0.05) is 7.05 Å². The van der Waals surface area contributed by atoms with E-state index in [0.29, 0.717) is 18.7 Å². The highest BCUT2D eigenvalue weighted by atomic mass is 16.2. The first-order chi connectivity index (χ1) is 6.09. The summed E-state index contributed by atoms with van der Waals surface area (Å²) in [5.41, 5.74) is 1.40. The summed E-state index contributed by atoms with van der Waals surface area (Å²) >= 11 is 0. The van der Waals surface area contributed by atoms with Crippen molar-refractivity contribution in [2.75, 3.05) is 7.05 Å². The molecule has 0 saturated heterocycles. The molecular weight excluding hydrogens is 168 g/mol. The normalized spacial score (nSPS) is 9.77. The lowest BCUT2D eigenvalue weighted by atomic mass is 10.1. The highest BCUT2D eigenvalue weighted by molar-refractivity contribution is 5.67. The maximum absolute atomic E-state index is 9.06. The van der Waals surface area contributed by atoms with Crippen molar-refractivity contribution in [3.63, 3.8) is 0 Å². The summed E-state index contributed by atoms with van der Waals surface area (Å²) in [7, 11) is 1.92. The second kappa shape index (κ2) is 10.7. The zero-order valence-corrected chi connectivity index (χ0v) is 8.63. The third-order valence-electron chi connectivity index (χ3n) is 1.42. The Morgan fingerprint density at radius 3 is 1.77 bits per heavy atom. The summed E-state index contributed by atoms with van der Waals surface area (Å²) in [5.74, 6) is 0.669. The van der Waals surface area contributed by atoms with E-state index in [9.17, 15) is 0 Å². The van der Waals surface area contributed by atoms with E-state index in [1.54, 1.807) is 5.32 Å². The van der Waals surface area contributed by atoms with Gasteiger partial charge in [-0.1, -0.05) is 19.4 Å². The fourth-order valence-corrected chi connectivity index (χ4v) is 0.422. The number of imide groups is 1. The quantitative estimate of drug-likeness (QED) is 0.634. The van der Waals surface area contributed by atoms with Crippen LogP contribution in [0.15, 0.2) is 11.8 Å². The Morgan fingerprint density at radius 1 is 1.23 bits per heavy atom. The lowest BCUT2D eigenvalue weighted by Gasteiger charge is -2.02. The summed E-state index contributed by atoms with van der Waals surface area (Å²) in [5, 5.41) is 4.74. The predicted octanol–water partition coefficient (Wildman–Crippen LogP) is 0.654. The van der Waals surface area contributed by atoms with Crippen LogP contribution in [-0.4, -0.2) is 19.9 Å². The van der Waals surface area contributed by atoms with Crippen LogP contribution >= 0.6 is 0 Å². The van der Waals surface area contributed by atoms with Gasteiger partial charge in [-0.15, -0.1) is 0 Å². The molecule has 0 unspecified atom stereocenters. The summed E-state index contributed by atoms with van der Waals surface area (Å²) in [6, 6.07) is 0. The molecule has 0 aromatic carbocycles. The second-order valence-electron chi connectivity index (χ2n) is 2.73. The summed E-state index contributed by atoms with van der Waals surface area (Å²) in [6.45, 7) is 6.49. The van der Waals surface area contributed by atoms with Crippen LogP contribution in [0.4, 0.5) is 0 Å². The molecule has 0 aromatic heterocycles. The first kappa shape index (κ1) is 14.2. The number of carbonyl (C=O) groups is 2. The van der Waals surface area contributed by atoms with E-state index in [1.165, 1.54) is 5.57 Å². The zero-order valence-electron chi connectivity index (χ0n) is 8.63. The van der Waals surface area contributed by atoms with Gasteiger partial charge in [-0.05, 0) is 19.0 Å².